The van der Waals surface area contributed by atoms with Gasteiger partial charge in [0.1, 0.15) is 0 Å². The van der Waals surface area contributed by atoms with Crippen LogP contribution in [-0.4, -0.2) is 11.0 Å². The molecule has 1 heteroatoms. The smallest absolute Gasteiger partial charge is 0.0342 e. The molecule has 0 heterocycles. The van der Waals surface area contributed by atoms with E-state index in [1.165, 1.54) is 6.42 Å². The van der Waals surface area contributed by atoms with Crippen LogP contribution in [0.2, 0.25) is 0 Å². The van der Waals surface area contributed by atoms with Crippen LogP contribution in [0.15, 0.2) is 12.2 Å². The van der Waals surface area contributed by atoms with Crippen molar-refractivity contribution in [2.75, 3.05) is 6.26 Å². The van der Waals surface area contributed by atoms with Gasteiger partial charge in [0.15, 0.2) is 0 Å². The SMILES string of the molecule is CSC1(C)C=CC1. The number of hydrogen-bond acceptors (Lipinski definition) is 1. The van der Waals surface area contributed by atoms with Crippen molar-refractivity contribution in [2.45, 2.75) is 18.1 Å². The zero-order chi connectivity index (χ0) is 5.33. The summed E-state index contributed by atoms with van der Waals surface area (Å²) in [5.41, 5.74) is 0. The Hall–Kier alpha value is 0.0900. The summed E-state index contributed by atoms with van der Waals surface area (Å²) in [5.74, 6) is 0. The Morgan fingerprint density at radius 1 is 1.71 bits per heavy atom. The molecule has 0 aromatic carbocycles. The van der Waals surface area contributed by atoms with Crippen LogP contribution in [0, 0.1) is 0 Å². The molecule has 0 fully saturated rings. The Bertz CT molecular complexity index is 96.4. The van der Waals surface area contributed by atoms with Crippen LogP contribution >= 0.6 is 11.8 Å². The van der Waals surface area contributed by atoms with Gasteiger partial charge in [-0.05, 0) is 19.6 Å². The highest BCUT2D eigenvalue weighted by molar-refractivity contribution is 8.00. The van der Waals surface area contributed by atoms with Crippen molar-refractivity contribution in [3.63, 3.8) is 0 Å². The average Bonchev–Trinajstić information content (AvgIpc) is 1.61. The van der Waals surface area contributed by atoms with Crippen LogP contribution in [0.3, 0.4) is 0 Å². The van der Waals surface area contributed by atoms with E-state index in [1.807, 2.05) is 11.8 Å². The molecule has 1 atom stereocenters. The maximum atomic E-state index is 2.26. The highest BCUT2D eigenvalue weighted by Crippen LogP contribution is 2.34. The zero-order valence-corrected chi connectivity index (χ0v) is 5.59. The summed E-state index contributed by atoms with van der Waals surface area (Å²) in [6.45, 7) is 2.26. The molecule has 7 heavy (non-hydrogen) atoms. The Morgan fingerprint density at radius 3 is 2.29 bits per heavy atom. The molecule has 1 rings (SSSR count). The first-order chi connectivity index (χ1) is 3.27. The molecular formula is C6H10S. The van der Waals surface area contributed by atoms with Crippen LogP contribution < -0.4 is 0 Å². The van der Waals surface area contributed by atoms with Crippen molar-refractivity contribution in [2.24, 2.45) is 0 Å². The van der Waals surface area contributed by atoms with Crippen molar-refractivity contribution in [1.82, 2.24) is 0 Å². The summed E-state index contributed by atoms with van der Waals surface area (Å²) in [4.78, 5) is 0. The van der Waals surface area contributed by atoms with Gasteiger partial charge in [0, 0.05) is 4.75 Å². The third kappa shape index (κ3) is 0.828. The predicted molar refractivity (Wildman–Crippen MR) is 35.7 cm³/mol. The molecule has 1 aliphatic rings. The van der Waals surface area contributed by atoms with E-state index in [1.54, 1.807) is 0 Å². The van der Waals surface area contributed by atoms with Gasteiger partial charge in [-0.3, -0.25) is 0 Å². The summed E-state index contributed by atoms with van der Waals surface area (Å²) in [5, 5.41) is 0. The molecule has 0 saturated carbocycles. The maximum absolute atomic E-state index is 2.26. The highest BCUT2D eigenvalue weighted by atomic mass is 32.2. The van der Waals surface area contributed by atoms with Crippen molar-refractivity contribution < 1.29 is 0 Å². The molecule has 0 N–H and O–H groups in total. The van der Waals surface area contributed by atoms with E-state index in [9.17, 15) is 0 Å². The third-order valence-corrected chi connectivity index (χ3v) is 2.70. The normalized spacial score (nSPS) is 38.0. The molecule has 0 radical (unpaired) electrons. The van der Waals surface area contributed by atoms with Gasteiger partial charge >= 0.3 is 0 Å². The van der Waals surface area contributed by atoms with Gasteiger partial charge < -0.3 is 0 Å². The van der Waals surface area contributed by atoms with Gasteiger partial charge in [-0.25, -0.2) is 0 Å². The summed E-state index contributed by atoms with van der Waals surface area (Å²) < 4.78 is 0.500. The van der Waals surface area contributed by atoms with Gasteiger partial charge in [-0.15, -0.1) is 0 Å². The lowest BCUT2D eigenvalue weighted by Gasteiger charge is -2.28. The van der Waals surface area contributed by atoms with Gasteiger partial charge in [0.2, 0.25) is 0 Å². The minimum atomic E-state index is 0.500. The quantitative estimate of drug-likeness (QED) is 0.470. The summed E-state index contributed by atoms with van der Waals surface area (Å²) >= 11 is 1.93. The molecule has 0 spiro atoms. The molecular weight excluding hydrogens is 104 g/mol. The highest BCUT2D eigenvalue weighted by Gasteiger charge is 2.22. The summed E-state index contributed by atoms with van der Waals surface area (Å²) in [6.07, 6.45) is 7.89. The van der Waals surface area contributed by atoms with Crippen molar-refractivity contribution in [3.8, 4) is 0 Å². The minimum absolute atomic E-state index is 0.500. The Morgan fingerprint density at radius 2 is 2.29 bits per heavy atom. The summed E-state index contributed by atoms with van der Waals surface area (Å²) in [7, 11) is 0. The second kappa shape index (κ2) is 1.55. The summed E-state index contributed by atoms with van der Waals surface area (Å²) in [6, 6.07) is 0. The number of thioether (sulfide) groups is 1. The number of allylic oxidation sites excluding steroid dienone is 1. The van der Waals surface area contributed by atoms with E-state index in [0.717, 1.165) is 0 Å². The van der Waals surface area contributed by atoms with Gasteiger partial charge in [-0.2, -0.15) is 11.8 Å². The largest absolute Gasteiger partial charge is 0.154 e. The fourth-order valence-corrected chi connectivity index (χ4v) is 1.10. The second-order valence-electron chi connectivity index (χ2n) is 2.12. The van der Waals surface area contributed by atoms with Crippen LogP contribution in [-0.2, 0) is 0 Å². The lowest BCUT2D eigenvalue weighted by molar-refractivity contribution is 0.743. The molecule has 0 aromatic heterocycles. The van der Waals surface area contributed by atoms with Gasteiger partial charge in [0.25, 0.3) is 0 Å². The van der Waals surface area contributed by atoms with E-state index in [-0.39, 0.29) is 0 Å². The molecule has 0 aliphatic heterocycles. The first-order valence-corrected chi connectivity index (χ1v) is 3.72. The molecule has 0 nitrogen and oxygen atoms in total. The molecule has 0 aromatic rings. The average molecular weight is 114 g/mol. The van der Waals surface area contributed by atoms with Crippen LogP contribution in [0.5, 0.6) is 0 Å². The Labute approximate surface area is 49.0 Å². The van der Waals surface area contributed by atoms with Crippen LogP contribution in [0.4, 0.5) is 0 Å². The standard InChI is InChI=1S/C6H10S/c1-6(7-2)4-3-5-6/h3-4H,5H2,1-2H3. The second-order valence-corrected chi connectivity index (χ2v) is 3.46. The fourth-order valence-electron chi connectivity index (χ4n) is 0.601. The van der Waals surface area contributed by atoms with E-state index in [0.29, 0.717) is 4.75 Å². The maximum Gasteiger partial charge on any atom is 0.0342 e. The van der Waals surface area contributed by atoms with E-state index in [2.05, 4.69) is 25.3 Å². The molecule has 1 unspecified atom stereocenters. The van der Waals surface area contributed by atoms with Crippen molar-refractivity contribution in [3.05, 3.63) is 12.2 Å². The van der Waals surface area contributed by atoms with E-state index in [4.69, 9.17) is 0 Å². The van der Waals surface area contributed by atoms with Crippen LogP contribution in [0.25, 0.3) is 0 Å². The van der Waals surface area contributed by atoms with Gasteiger partial charge in [0.05, 0.1) is 0 Å². The zero-order valence-electron chi connectivity index (χ0n) is 4.77. The first-order valence-electron chi connectivity index (χ1n) is 2.50. The van der Waals surface area contributed by atoms with E-state index < -0.39 is 0 Å². The molecule has 0 saturated heterocycles. The van der Waals surface area contributed by atoms with Crippen molar-refractivity contribution >= 4 is 11.8 Å². The molecule has 40 valence electrons. The van der Waals surface area contributed by atoms with Gasteiger partial charge in [-0.1, -0.05) is 12.2 Å². The lowest BCUT2D eigenvalue weighted by atomic mass is 9.97. The monoisotopic (exact) mass is 114 g/mol. The lowest BCUT2D eigenvalue weighted by Crippen LogP contribution is -2.21. The fraction of sp³-hybridized carbons (Fsp3) is 0.667. The topological polar surface area (TPSA) is 0 Å². The Balaban J connectivity index is 2.47. The first kappa shape index (κ1) is 5.23. The van der Waals surface area contributed by atoms with Crippen molar-refractivity contribution in [1.29, 1.82) is 0 Å². The number of rotatable bonds is 1. The Kier molecular flexibility index (Phi) is 1.16. The third-order valence-electron chi connectivity index (χ3n) is 1.46. The molecule has 0 amide bonds. The van der Waals surface area contributed by atoms with E-state index >= 15 is 0 Å². The predicted octanol–water partition coefficient (Wildman–Crippen LogP) is 2.07. The number of hydrogen-bond donors (Lipinski definition) is 0. The molecule has 1 aliphatic carbocycles. The molecule has 0 bridgehead atoms. The minimum Gasteiger partial charge on any atom is -0.154 e. The van der Waals surface area contributed by atoms with Crippen LogP contribution in [0.1, 0.15) is 13.3 Å².